The first-order valence-electron chi connectivity index (χ1n) is 6.66. The zero-order chi connectivity index (χ0) is 14.7. The van der Waals surface area contributed by atoms with E-state index >= 15 is 0 Å². The number of carbonyl (C=O) groups is 1. The van der Waals surface area contributed by atoms with Crippen molar-refractivity contribution in [3.8, 4) is 0 Å². The summed E-state index contributed by atoms with van der Waals surface area (Å²) in [5, 5.41) is 2.88. The van der Waals surface area contributed by atoms with Crippen molar-refractivity contribution in [2.45, 2.75) is 12.5 Å². The zero-order valence-electron chi connectivity index (χ0n) is 11.3. The van der Waals surface area contributed by atoms with Crippen LogP contribution in [0.15, 0.2) is 54.0 Å². The summed E-state index contributed by atoms with van der Waals surface area (Å²) in [5.41, 5.74) is 10.5. The van der Waals surface area contributed by atoms with Crippen LogP contribution in [0.25, 0.3) is 10.2 Å². The summed E-state index contributed by atoms with van der Waals surface area (Å²) in [6.45, 7) is 0. The maximum atomic E-state index is 12.1. The molecule has 21 heavy (non-hydrogen) atoms. The number of anilines is 1. The van der Waals surface area contributed by atoms with E-state index in [2.05, 4.69) is 10.3 Å². The van der Waals surface area contributed by atoms with Crippen molar-refractivity contribution in [3.05, 3.63) is 59.6 Å². The predicted octanol–water partition coefficient (Wildman–Crippen LogP) is 3.32. The van der Waals surface area contributed by atoms with Crippen molar-refractivity contribution in [2.24, 2.45) is 5.73 Å². The maximum absolute atomic E-state index is 12.1. The second kappa shape index (κ2) is 6.03. The number of amides is 1. The third kappa shape index (κ3) is 3.26. The molecular weight excluding hydrogens is 282 g/mol. The van der Waals surface area contributed by atoms with Crippen molar-refractivity contribution >= 4 is 33.1 Å². The summed E-state index contributed by atoms with van der Waals surface area (Å²) in [4.78, 5) is 16.3. The van der Waals surface area contributed by atoms with Crippen LogP contribution in [0.2, 0.25) is 0 Å². The summed E-state index contributed by atoms with van der Waals surface area (Å²) in [7, 11) is 0. The number of rotatable bonds is 4. The number of aromatic nitrogens is 1. The first-order valence-corrected chi connectivity index (χ1v) is 7.54. The fourth-order valence-electron chi connectivity index (χ4n) is 2.16. The Morgan fingerprint density at radius 3 is 2.86 bits per heavy atom. The van der Waals surface area contributed by atoms with E-state index < -0.39 is 0 Å². The number of nitrogens with one attached hydrogen (secondary N) is 1. The Balaban J connectivity index is 1.66. The predicted molar refractivity (Wildman–Crippen MR) is 86.2 cm³/mol. The van der Waals surface area contributed by atoms with E-state index in [0.29, 0.717) is 0 Å². The second-order valence-electron chi connectivity index (χ2n) is 4.80. The Kier molecular flexibility index (Phi) is 3.94. The minimum atomic E-state index is -0.293. The van der Waals surface area contributed by atoms with Crippen molar-refractivity contribution in [1.82, 2.24) is 4.98 Å². The fraction of sp³-hybridized carbons (Fsp3) is 0.125. The minimum Gasteiger partial charge on any atom is -0.326 e. The number of hydrogen-bond donors (Lipinski definition) is 2. The SMILES string of the molecule is NC(CC(=O)Nc1ccc2ncsc2c1)c1ccccc1. The van der Waals surface area contributed by atoms with Crippen molar-refractivity contribution in [1.29, 1.82) is 0 Å². The molecule has 1 heterocycles. The Hall–Kier alpha value is -2.24. The number of carbonyl (C=O) groups excluding carboxylic acids is 1. The molecule has 3 aromatic rings. The summed E-state index contributed by atoms with van der Waals surface area (Å²) in [5.74, 6) is -0.0878. The lowest BCUT2D eigenvalue weighted by molar-refractivity contribution is -0.116. The summed E-state index contributed by atoms with van der Waals surface area (Å²) in [6, 6.07) is 15.0. The highest BCUT2D eigenvalue weighted by molar-refractivity contribution is 7.16. The van der Waals surface area contributed by atoms with Gasteiger partial charge in [-0.15, -0.1) is 11.3 Å². The molecule has 0 fully saturated rings. The molecule has 3 rings (SSSR count). The van der Waals surface area contributed by atoms with Crippen LogP contribution in [0.3, 0.4) is 0 Å². The molecule has 0 saturated carbocycles. The summed E-state index contributed by atoms with van der Waals surface area (Å²) < 4.78 is 1.06. The molecule has 0 aliphatic carbocycles. The number of nitrogens with zero attached hydrogens (tertiary/aromatic N) is 1. The van der Waals surface area contributed by atoms with Gasteiger partial charge in [-0.05, 0) is 23.8 Å². The van der Waals surface area contributed by atoms with Gasteiger partial charge < -0.3 is 11.1 Å². The van der Waals surface area contributed by atoms with E-state index in [0.717, 1.165) is 21.5 Å². The van der Waals surface area contributed by atoms with Gasteiger partial charge in [0.1, 0.15) is 0 Å². The smallest absolute Gasteiger partial charge is 0.226 e. The molecule has 1 atom stereocenters. The van der Waals surface area contributed by atoms with E-state index in [4.69, 9.17) is 5.73 Å². The van der Waals surface area contributed by atoms with Gasteiger partial charge >= 0.3 is 0 Å². The van der Waals surface area contributed by atoms with E-state index in [1.165, 1.54) is 0 Å². The van der Waals surface area contributed by atoms with Crippen LogP contribution in [0.5, 0.6) is 0 Å². The van der Waals surface area contributed by atoms with E-state index in [9.17, 15) is 4.79 Å². The number of hydrogen-bond acceptors (Lipinski definition) is 4. The average Bonchev–Trinajstić information content (AvgIpc) is 2.95. The number of nitrogens with two attached hydrogens (primary N) is 1. The molecule has 0 aliphatic heterocycles. The molecule has 0 saturated heterocycles. The van der Waals surface area contributed by atoms with E-state index in [1.54, 1.807) is 16.8 Å². The first-order chi connectivity index (χ1) is 10.2. The number of thiazole rings is 1. The lowest BCUT2D eigenvalue weighted by Gasteiger charge is -2.12. The van der Waals surface area contributed by atoms with Gasteiger partial charge in [-0.25, -0.2) is 4.98 Å². The van der Waals surface area contributed by atoms with E-state index in [1.807, 2.05) is 48.5 Å². The number of fused-ring (bicyclic) bond motifs is 1. The Bertz CT molecular complexity index is 754. The minimum absolute atomic E-state index is 0.0878. The van der Waals surface area contributed by atoms with Crippen molar-refractivity contribution in [3.63, 3.8) is 0 Å². The standard InChI is InChI=1S/C16H15N3OS/c17-13(11-4-2-1-3-5-11)9-16(20)19-12-6-7-14-15(8-12)21-10-18-14/h1-8,10,13H,9,17H2,(H,19,20). The highest BCUT2D eigenvalue weighted by atomic mass is 32.1. The van der Waals surface area contributed by atoms with Gasteiger partial charge in [0, 0.05) is 18.2 Å². The Labute approximate surface area is 126 Å². The normalized spacial score (nSPS) is 12.2. The molecule has 106 valence electrons. The van der Waals surface area contributed by atoms with Crippen LogP contribution >= 0.6 is 11.3 Å². The molecule has 1 amide bonds. The van der Waals surface area contributed by atoms with Gasteiger partial charge in [0.05, 0.1) is 15.7 Å². The fourth-order valence-corrected chi connectivity index (χ4v) is 2.88. The van der Waals surface area contributed by atoms with Crippen LogP contribution in [0.4, 0.5) is 5.69 Å². The van der Waals surface area contributed by atoms with Gasteiger partial charge in [0.25, 0.3) is 0 Å². The van der Waals surface area contributed by atoms with Crippen LogP contribution < -0.4 is 11.1 Å². The lowest BCUT2D eigenvalue weighted by atomic mass is 10.0. The highest BCUT2D eigenvalue weighted by Crippen LogP contribution is 2.22. The highest BCUT2D eigenvalue weighted by Gasteiger charge is 2.11. The molecule has 0 radical (unpaired) electrons. The third-order valence-electron chi connectivity index (χ3n) is 3.25. The quantitative estimate of drug-likeness (QED) is 0.776. The number of benzene rings is 2. The molecule has 1 aromatic heterocycles. The molecule has 2 aromatic carbocycles. The van der Waals surface area contributed by atoms with Gasteiger partial charge in [-0.2, -0.15) is 0 Å². The molecule has 1 unspecified atom stereocenters. The van der Waals surface area contributed by atoms with Gasteiger partial charge in [0.15, 0.2) is 0 Å². The third-order valence-corrected chi connectivity index (χ3v) is 4.04. The molecule has 5 heteroatoms. The second-order valence-corrected chi connectivity index (χ2v) is 5.69. The monoisotopic (exact) mass is 297 g/mol. The molecule has 0 spiro atoms. The largest absolute Gasteiger partial charge is 0.326 e. The zero-order valence-corrected chi connectivity index (χ0v) is 12.1. The van der Waals surface area contributed by atoms with Gasteiger partial charge in [-0.1, -0.05) is 30.3 Å². The van der Waals surface area contributed by atoms with Gasteiger partial charge in [-0.3, -0.25) is 4.79 Å². The van der Waals surface area contributed by atoms with Crippen LogP contribution in [-0.2, 0) is 4.79 Å². The first kappa shape index (κ1) is 13.7. The lowest BCUT2D eigenvalue weighted by Crippen LogP contribution is -2.20. The Morgan fingerprint density at radius 1 is 1.24 bits per heavy atom. The Morgan fingerprint density at radius 2 is 2.05 bits per heavy atom. The van der Waals surface area contributed by atoms with Crippen LogP contribution in [-0.4, -0.2) is 10.9 Å². The molecule has 4 nitrogen and oxygen atoms in total. The molecular formula is C16H15N3OS. The summed E-state index contributed by atoms with van der Waals surface area (Å²) >= 11 is 1.55. The van der Waals surface area contributed by atoms with E-state index in [-0.39, 0.29) is 18.4 Å². The maximum Gasteiger partial charge on any atom is 0.226 e. The average molecular weight is 297 g/mol. The summed E-state index contributed by atoms with van der Waals surface area (Å²) in [6.07, 6.45) is 0.255. The van der Waals surface area contributed by atoms with Crippen molar-refractivity contribution < 1.29 is 4.79 Å². The van der Waals surface area contributed by atoms with Gasteiger partial charge in [0.2, 0.25) is 5.91 Å². The van der Waals surface area contributed by atoms with Crippen LogP contribution in [0, 0.1) is 0 Å². The van der Waals surface area contributed by atoms with Crippen LogP contribution in [0.1, 0.15) is 18.0 Å². The molecule has 3 N–H and O–H groups in total. The molecule has 0 bridgehead atoms. The molecule has 0 aliphatic rings. The van der Waals surface area contributed by atoms with Crippen molar-refractivity contribution in [2.75, 3.05) is 5.32 Å². The topological polar surface area (TPSA) is 68.0 Å².